The van der Waals surface area contributed by atoms with Crippen molar-refractivity contribution in [2.45, 2.75) is 13.8 Å². The van der Waals surface area contributed by atoms with Crippen LogP contribution in [0.15, 0.2) is 45.6 Å². The van der Waals surface area contributed by atoms with Crippen molar-refractivity contribution in [2.24, 2.45) is 0 Å². The summed E-state index contributed by atoms with van der Waals surface area (Å²) < 4.78 is 5.68. The van der Waals surface area contributed by atoms with E-state index < -0.39 is 0 Å². The highest BCUT2D eigenvalue weighted by Crippen LogP contribution is 2.30. The number of benzene rings is 2. The van der Waals surface area contributed by atoms with Gasteiger partial charge in [0.15, 0.2) is 0 Å². The van der Waals surface area contributed by atoms with Gasteiger partial charge in [0.2, 0.25) is 5.43 Å². The monoisotopic (exact) mass is 300 g/mol. The highest BCUT2D eigenvalue weighted by atomic mass is 35.5. The maximum absolute atomic E-state index is 12.7. The fraction of sp³-hybridized carbons (Fsp3) is 0.118. The molecule has 0 aliphatic rings. The standard InChI is InChI=1S/C17H13ClO3/c1-9-3-5-11(6-4-9)16-10(2)21-15-8-14(19)13(18)7-12(15)17(16)20/h3-8,19H,1-2H3. The average molecular weight is 301 g/mol. The molecule has 0 amide bonds. The van der Waals surface area contributed by atoms with Crippen LogP contribution < -0.4 is 5.43 Å². The molecule has 0 atom stereocenters. The quantitative estimate of drug-likeness (QED) is 0.723. The van der Waals surface area contributed by atoms with E-state index in [0.717, 1.165) is 11.1 Å². The summed E-state index contributed by atoms with van der Waals surface area (Å²) in [6.07, 6.45) is 0. The van der Waals surface area contributed by atoms with Crippen molar-refractivity contribution >= 4 is 22.6 Å². The van der Waals surface area contributed by atoms with Crippen LogP contribution >= 0.6 is 11.6 Å². The summed E-state index contributed by atoms with van der Waals surface area (Å²) >= 11 is 5.89. The van der Waals surface area contributed by atoms with Crippen molar-refractivity contribution in [3.05, 3.63) is 63.0 Å². The fourth-order valence-corrected chi connectivity index (χ4v) is 2.53. The molecule has 0 saturated carbocycles. The molecule has 0 spiro atoms. The van der Waals surface area contributed by atoms with Gasteiger partial charge in [-0.1, -0.05) is 41.4 Å². The Morgan fingerprint density at radius 2 is 1.76 bits per heavy atom. The minimum atomic E-state index is -0.153. The zero-order valence-electron chi connectivity index (χ0n) is 11.6. The van der Waals surface area contributed by atoms with Gasteiger partial charge in [0.1, 0.15) is 17.1 Å². The molecule has 0 fully saturated rings. The van der Waals surface area contributed by atoms with E-state index in [1.54, 1.807) is 6.92 Å². The van der Waals surface area contributed by atoms with Gasteiger partial charge < -0.3 is 9.52 Å². The molecular weight excluding hydrogens is 288 g/mol. The van der Waals surface area contributed by atoms with Gasteiger partial charge >= 0.3 is 0 Å². The first-order valence-electron chi connectivity index (χ1n) is 6.50. The molecule has 0 unspecified atom stereocenters. The predicted octanol–water partition coefficient (Wildman–Crippen LogP) is 4.44. The van der Waals surface area contributed by atoms with Gasteiger partial charge in [-0.2, -0.15) is 0 Å². The number of rotatable bonds is 1. The predicted molar refractivity (Wildman–Crippen MR) is 84.1 cm³/mol. The Morgan fingerprint density at radius 1 is 1.10 bits per heavy atom. The lowest BCUT2D eigenvalue weighted by molar-refractivity contribution is 0.473. The number of halogens is 1. The Balaban J connectivity index is 2.36. The number of hydrogen-bond acceptors (Lipinski definition) is 3. The number of aromatic hydroxyl groups is 1. The molecule has 106 valence electrons. The topological polar surface area (TPSA) is 50.4 Å². The highest BCUT2D eigenvalue weighted by molar-refractivity contribution is 6.32. The van der Waals surface area contributed by atoms with Crippen molar-refractivity contribution in [1.29, 1.82) is 0 Å². The van der Waals surface area contributed by atoms with E-state index in [1.807, 2.05) is 31.2 Å². The zero-order chi connectivity index (χ0) is 15.1. The van der Waals surface area contributed by atoms with Crippen molar-refractivity contribution in [2.75, 3.05) is 0 Å². The third kappa shape index (κ3) is 2.30. The average Bonchev–Trinajstić information content (AvgIpc) is 2.43. The van der Waals surface area contributed by atoms with E-state index >= 15 is 0 Å². The molecule has 0 aliphatic heterocycles. The maximum atomic E-state index is 12.7. The molecule has 3 aromatic rings. The van der Waals surface area contributed by atoms with Crippen molar-refractivity contribution < 1.29 is 9.52 Å². The molecule has 0 saturated heterocycles. The minimum Gasteiger partial charge on any atom is -0.506 e. The van der Waals surface area contributed by atoms with Gasteiger partial charge in [0.05, 0.1) is 16.0 Å². The molecule has 4 heteroatoms. The van der Waals surface area contributed by atoms with Gasteiger partial charge in [0.25, 0.3) is 0 Å². The van der Waals surface area contributed by atoms with Crippen LogP contribution in [-0.4, -0.2) is 5.11 Å². The van der Waals surface area contributed by atoms with Crippen LogP contribution in [0.3, 0.4) is 0 Å². The summed E-state index contributed by atoms with van der Waals surface area (Å²) in [5.41, 5.74) is 2.62. The van der Waals surface area contributed by atoms with Gasteiger partial charge in [-0.25, -0.2) is 0 Å². The minimum absolute atomic E-state index is 0.102. The molecule has 1 N–H and O–H groups in total. The van der Waals surface area contributed by atoms with E-state index in [2.05, 4.69) is 0 Å². The van der Waals surface area contributed by atoms with E-state index in [0.29, 0.717) is 22.3 Å². The Labute approximate surface area is 126 Å². The zero-order valence-corrected chi connectivity index (χ0v) is 12.4. The van der Waals surface area contributed by atoms with Crippen LogP contribution in [0.2, 0.25) is 5.02 Å². The summed E-state index contributed by atoms with van der Waals surface area (Å²) in [6.45, 7) is 3.73. The molecule has 1 heterocycles. The third-order valence-corrected chi connectivity index (χ3v) is 3.78. The van der Waals surface area contributed by atoms with Crippen LogP contribution in [0.25, 0.3) is 22.1 Å². The second-order valence-electron chi connectivity index (χ2n) is 5.03. The normalized spacial score (nSPS) is 11.0. The molecule has 0 radical (unpaired) electrons. The fourth-order valence-electron chi connectivity index (χ4n) is 2.37. The first-order valence-corrected chi connectivity index (χ1v) is 6.88. The molecule has 2 aromatic carbocycles. The summed E-state index contributed by atoms with van der Waals surface area (Å²) in [4.78, 5) is 12.7. The van der Waals surface area contributed by atoms with Gasteiger partial charge in [-0.15, -0.1) is 0 Å². The molecule has 0 aliphatic carbocycles. The van der Waals surface area contributed by atoms with Crippen molar-refractivity contribution in [3.63, 3.8) is 0 Å². The van der Waals surface area contributed by atoms with Crippen molar-refractivity contribution in [1.82, 2.24) is 0 Å². The number of phenolic OH excluding ortho intramolecular Hbond substituents is 1. The van der Waals surface area contributed by atoms with E-state index in [9.17, 15) is 9.90 Å². The molecular formula is C17H13ClO3. The Kier molecular flexibility index (Phi) is 3.22. The van der Waals surface area contributed by atoms with Crippen LogP contribution in [0.4, 0.5) is 0 Å². The number of hydrogen-bond donors (Lipinski definition) is 1. The first kappa shape index (κ1) is 13.7. The molecule has 0 bridgehead atoms. The Morgan fingerprint density at radius 3 is 2.43 bits per heavy atom. The first-order chi connectivity index (χ1) is 9.97. The van der Waals surface area contributed by atoms with E-state index in [4.69, 9.17) is 16.0 Å². The lowest BCUT2D eigenvalue weighted by atomic mass is 10.0. The molecule has 3 nitrogen and oxygen atoms in total. The third-order valence-electron chi connectivity index (χ3n) is 3.48. The van der Waals surface area contributed by atoms with Gasteiger partial charge in [-0.05, 0) is 25.5 Å². The SMILES string of the molecule is Cc1ccc(-c2c(C)oc3cc(O)c(Cl)cc3c2=O)cc1. The van der Waals surface area contributed by atoms with Crippen molar-refractivity contribution in [3.8, 4) is 16.9 Å². The van der Waals surface area contributed by atoms with E-state index in [1.165, 1.54) is 12.1 Å². The van der Waals surface area contributed by atoms with Crippen LogP contribution in [-0.2, 0) is 0 Å². The van der Waals surface area contributed by atoms with Gasteiger partial charge in [-0.3, -0.25) is 4.79 Å². The second kappa shape index (κ2) is 4.93. The summed E-state index contributed by atoms with van der Waals surface area (Å²) in [5, 5.41) is 10.1. The largest absolute Gasteiger partial charge is 0.506 e. The van der Waals surface area contributed by atoms with Crippen LogP contribution in [0.1, 0.15) is 11.3 Å². The Hall–Kier alpha value is -2.26. The van der Waals surface area contributed by atoms with Crippen LogP contribution in [0.5, 0.6) is 5.75 Å². The smallest absolute Gasteiger partial charge is 0.200 e. The maximum Gasteiger partial charge on any atom is 0.200 e. The highest BCUT2D eigenvalue weighted by Gasteiger charge is 2.15. The summed E-state index contributed by atoms with van der Waals surface area (Å²) in [6, 6.07) is 10.5. The summed E-state index contributed by atoms with van der Waals surface area (Å²) in [7, 11) is 0. The lowest BCUT2D eigenvalue weighted by Crippen LogP contribution is -2.07. The second-order valence-corrected chi connectivity index (χ2v) is 5.44. The summed E-state index contributed by atoms with van der Waals surface area (Å²) in [5.74, 6) is 0.410. The number of fused-ring (bicyclic) bond motifs is 1. The molecule has 3 rings (SSSR count). The van der Waals surface area contributed by atoms with Gasteiger partial charge in [0, 0.05) is 6.07 Å². The number of aryl methyl sites for hydroxylation is 2. The lowest BCUT2D eigenvalue weighted by Gasteiger charge is -2.08. The Bertz CT molecular complexity index is 893. The molecule has 1 aromatic heterocycles. The van der Waals surface area contributed by atoms with E-state index in [-0.39, 0.29) is 16.2 Å². The number of phenols is 1. The van der Waals surface area contributed by atoms with Crippen LogP contribution in [0, 0.1) is 13.8 Å². The molecule has 21 heavy (non-hydrogen) atoms.